The van der Waals surface area contributed by atoms with Crippen molar-refractivity contribution in [2.45, 2.75) is 13.5 Å². The van der Waals surface area contributed by atoms with Gasteiger partial charge in [-0.15, -0.1) is 0 Å². The molecular weight excluding hydrogens is 323 g/mol. The van der Waals surface area contributed by atoms with Crippen LogP contribution in [0.2, 0.25) is 0 Å². The largest absolute Gasteiger partial charge is 0.294 e. The van der Waals surface area contributed by atoms with Crippen LogP contribution in [0.15, 0.2) is 27.9 Å². The SMILES string of the molecule is Cc1ncn(Cc2ccsc2)c(=O)c1I. The molecule has 0 bridgehead atoms. The van der Waals surface area contributed by atoms with Crippen molar-refractivity contribution in [3.05, 3.63) is 48.3 Å². The fraction of sp³-hybridized carbons (Fsp3) is 0.200. The van der Waals surface area contributed by atoms with Crippen molar-refractivity contribution in [3.8, 4) is 0 Å². The molecule has 0 atom stereocenters. The van der Waals surface area contributed by atoms with E-state index in [-0.39, 0.29) is 5.56 Å². The minimum atomic E-state index is 0.0364. The second-order valence-corrected chi connectivity index (χ2v) is 5.07. The van der Waals surface area contributed by atoms with E-state index < -0.39 is 0 Å². The van der Waals surface area contributed by atoms with E-state index in [4.69, 9.17) is 0 Å². The fourth-order valence-corrected chi connectivity index (χ4v) is 2.35. The number of aryl methyl sites for hydroxylation is 1. The van der Waals surface area contributed by atoms with Crippen molar-refractivity contribution >= 4 is 33.9 Å². The first-order valence-electron chi connectivity index (χ1n) is 4.41. The highest BCUT2D eigenvalue weighted by Crippen LogP contribution is 2.08. The lowest BCUT2D eigenvalue weighted by Gasteiger charge is -2.05. The molecule has 2 aromatic heterocycles. The quantitative estimate of drug-likeness (QED) is 0.791. The summed E-state index contributed by atoms with van der Waals surface area (Å²) >= 11 is 3.68. The Hall–Kier alpha value is -0.690. The van der Waals surface area contributed by atoms with Crippen molar-refractivity contribution in [3.63, 3.8) is 0 Å². The lowest BCUT2D eigenvalue weighted by Crippen LogP contribution is -2.24. The smallest absolute Gasteiger partial charge is 0.267 e. The zero-order valence-corrected chi connectivity index (χ0v) is 11.1. The Morgan fingerprint density at radius 1 is 1.60 bits per heavy atom. The summed E-state index contributed by atoms with van der Waals surface area (Å²) in [4.78, 5) is 16.0. The molecule has 0 amide bonds. The predicted molar refractivity (Wildman–Crippen MR) is 69.4 cm³/mol. The van der Waals surface area contributed by atoms with Crippen molar-refractivity contribution in [2.75, 3.05) is 0 Å². The number of rotatable bonds is 2. The van der Waals surface area contributed by atoms with Gasteiger partial charge in [-0.1, -0.05) is 0 Å². The number of hydrogen-bond donors (Lipinski definition) is 0. The molecule has 0 aliphatic heterocycles. The maximum atomic E-state index is 11.8. The maximum absolute atomic E-state index is 11.8. The van der Waals surface area contributed by atoms with E-state index in [1.807, 2.05) is 46.3 Å². The standard InChI is InChI=1S/C10H9IN2OS/c1-7-9(11)10(14)13(6-12-7)4-8-2-3-15-5-8/h2-3,5-6H,4H2,1H3. The molecular formula is C10H9IN2OS. The first-order chi connectivity index (χ1) is 7.18. The Bertz CT molecular complexity index is 519. The van der Waals surface area contributed by atoms with E-state index in [1.54, 1.807) is 22.2 Å². The highest BCUT2D eigenvalue weighted by atomic mass is 127. The fourth-order valence-electron chi connectivity index (χ4n) is 1.24. The van der Waals surface area contributed by atoms with Crippen LogP contribution in [-0.2, 0) is 6.54 Å². The molecule has 15 heavy (non-hydrogen) atoms. The van der Waals surface area contributed by atoms with Crippen molar-refractivity contribution in [1.29, 1.82) is 0 Å². The van der Waals surface area contributed by atoms with Gasteiger partial charge in [0.2, 0.25) is 0 Å². The van der Waals surface area contributed by atoms with Gasteiger partial charge < -0.3 is 0 Å². The van der Waals surface area contributed by atoms with Crippen molar-refractivity contribution in [2.24, 2.45) is 0 Å². The average Bonchev–Trinajstić information content (AvgIpc) is 2.72. The molecule has 0 unspecified atom stereocenters. The first kappa shape index (κ1) is 10.8. The molecule has 2 aromatic rings. The minimum Gasteiger partial charge on any atom is -0.294 e. The predicted octanol–water partition coefficient (Wildman–Crippen LogP) is 2.27. The van der Waals surface area contributed by atoms with E-state index in [9.17, 15) is 4.79 Å². The molecule has 0 fully saturated rings. The summed E-state index contributed by atoms with van der Waals surface area (Å²) < 4.78 is 2.34. The van der Waals surface area contributed by atoms with Crippen LogP contribution in [0, 0.1) is 10.5 Å². The third kappa shape index (κ3) is 2.28. The van der Waals surface area contributed by atoms with E-state index in [0.717, 1.165) is 11.3 Å². The Morgan fingerprint density at radius 2 is 2.40 bits per heavy atom. The van der Waals surface area contributed by atoms with Crippen LogP contribution in [0.5, 0.6) is 0 Å². The van der Waals surface area contributed by atoms with Gasteiger partial charge in [0.05, 0.1) is 22.1 Å². The van der Waals surface area contributed by atoms with E-state index in [2.05, 4.69) is 4.98 Å². The van der Waals surface area contributed by atoms with Gasteiger partial charge in [0.25, 0.3) is 5.56 Å². The molecule has 2 heterocycles. The Kier molecular flexibility index (Phi) is 3.20. The highest BCUT2D eigenvalue weighted by Gasteiger charge is 2.05. The van der Waals surface area contributed by atoms with Gasteiger partial charge in [0.15, 0.2) is 0 Å². The van der Waals surface area contributed by atoms with Crippen molar-refractivity contribution < 1.29 is 0 Å². The highest BCUT2D eigenvalue weighted by molar-refractivity contribution is 14.1. The summed E-state index contributed by atoms with van der Waals surface area (Å²) in [6.07, 6.45) is 1.61. The van der Waals surface area contributed by atoms with E-state index in [1.165, 1.54) is 0 Å². The molecule has 0 aliphatic rings. The zero-order valence-electron chi connectivity index (χ0n) is 8.11. The third-order valence-corrected chi connectivity index (χ3v) is 4.06. The Labute approximate surface area is 105 Å². The monoisotopic (exact) mass is 332 g/mol. The van der Waals surface area contributed by atoms with Crippen molar-refractivity contribution in [1.82, 2.24) is 9.55 Å². The molecule has 0 saturated carbocycles. The Morgan fingerprint density at radius 3 is 3.07 bits per heavy atom. The number of nitrogens with zero attached hydrogens (tertiary/aromatic N) is 2. The Balaban J connectivity index is 2.38. The van der Waals surface area contributed by atoms with Crippen LogP contribution in [0.25, 0.3) is 0 Å². The molecule has 0 aliphatic carbocycles. The molecule has 5 heteroatoms. The molecule has 0 saturated heterocycles. The molecule has 0 spiro atoms. The average molecular weight is 332 g/mol. The van der Waals surface area contributed by atoms with E-state index >= 15 is 0 Å². The molecule has 0 N–H and O–H groups in total. The van der Waals surface area contributed by atoms with Gasteiger partial charge in [-0.05, 0) is 51.9 Å². The van der Waals surface area contributed by atoms with Crippen LogP contribution in [-0.4, -0.2) is 9.55 Å². The normalized spacial score (nSPS) is 10.5. The van der Waals surface area contributed by atoms with Gasteiger partial charge >= 0.3 is 0 Å². The summed E-state index contributed by atoms with van der Waals surface area (Å²) in [5, 5.41) is 4.05. The molecule has 78 valence electrons. The number of thiophene rings is 1. The molecule has 0 radical (unpaired) electrons. The summed E-state index contributed by atoms with van der Waals surface area (Å²) in [6, 6.07) is 2.02. The lowest BCUT2D eigenvalue weighted by molar-refractivity contribution is 0.725. The van der Waals surface area contributed by atoms with Gasteiger partial charge in [-0.2, -0.15) is 11.3 Å². The lowest BCUT2D eigenvalue weighted by atomic mass is 10.3. The molecule has 3 nitrogen and oxygen atoms in total. The minimum absolute atomic E-state index is 0.0364. The van der Waals surface area contributed by atoms with Gasteiger partial charge in [-0.3, -0.25) is 9.36 Å². The molecule has 2 rings (SSSR count). The zero-order chi connectivity index (χ0) is 10.8. The van der Waals surface area contributed by atoms with Crippen LogP contribution in [0.1, 0.15) is 11.3 Å². The van der Waals surface area contributed by atoms with Gasteiger partial charge in [0.1, 0.15) is 0 Å². The third-order valence-electron chi connectivity index (χ3n) is 2.09. The second-order valence-electron chi connectivity index (χ2n) is 3.21. The summed E-state index contributed by atoms with van der Waals surface area (Å²) in [6.45, 7) is 2.45. The van der Waals surface area contributed by atoms with E-state index in [0.29, 0.717) is 10.1 Å². The number of aromatic nitrogens is 2. The van der Waals surface area contributed by atoms with Crippen LogP contribution < -0.4 is 5.56 Å². The first-order valence-corrected chi connectivity index (χ1v) is 6.43. The number of hydrogen-bond acceptors (Lipinski definition) is 3. The maximum Gasteiger partial charge on any atom is 0.267 e. The summed E-state index contributed by atoms with van der Waals surface area (Å²) in [7, 11) is 0. The topological polar surface area (TPSA) is 34.9 Å². The summed E-state index contributed by atoms with van der Waals surface area (Å²) in [5.74, 6) is 0. The summed E-state index contributed by atoms with van der Waals surface area (Å²) in [5.41, 5.74) is 1.97. The van der Waals surface area contributed by atoms with Crippen LogP contribution >= 0.6 is 33.9 Å². The van der Waals surface area contributed by atoms with Gasteiger partial charge in [-0.25, -0.2) is 4.98 Å². The van der Waals surface area contributed by atoms with Gasteiger partial charge in [0, 0.05) is 0 Å². The molecule has 0 aromatic carbocycles. The number of halogens is 1. The van der Waals surface area contributed by atoms with Crippen LogP contribution in [0.4, 0.5) is 0 Å². The second kappa shape index (κ2) is 4.44. The van der Waals surface area contributed by atoms with Crippen LogP contribution in [0.3, 0.4) is 0 Å².